The molecule has 184 valence electrons. The van der Waals surface area contributed by atoms with Gasteiger partial charge in [0.25, 0.3) is 0 Å². The number of carbonyl (C=O) groups excluding carboxylic acids is 1. The fraction of sp³-hybridized carbons (Fsp3) is 0.296. The number of fused-ring (bicyclic) bond motifs is 1. The average Bonchev–Trinajstić information content (AvgIpc) is 3.42. The lowest BCUT2D eigenvalue weighted by molar-refractivity contribution is -0.266. The number of alkyl halides is 3. The predicted molar refractivity (Wildman–Crippen MR) is 124 cm³/mol. The molecule has 0 aliphatic rings. The van der Waals surface area contributed by atoms with Gasteiger partial charge in [-0.1, -0.05) is 19.9 Å². The number of aryl methyl sites for hydroxylation is 1. The fourth-order valence-corrected chi connectivity index (χ4v) is 4.71. The summed E-state index contributed by atoms with van der Waals surface area (Å²) < 4.78 is 61.6. The van der Waals surface area contributed by atoms with Gasteiger partial charge in [-0.05, 0) is 78.4 Å². The van der Waals surface area contributed by atoms with Gasteiger partial charge in [0.1, 0.15) is 5.82 Å². The number of aliphatic hydroxyl groups is 1. The van der Waals surface area contributed by atoms with Gasteiger partial charge in [-0.15, -0.1) is 0 Å². The highest BCUT2D eigenvalue weighted by atomic mass is 19.4. The van der Waals surface area contributed by atoms with Crippen molar-refractivity contribution >= 4 is 16.7 Å². The summed E-state index contributed by atoms with van der Waals surface area (Å²) >= 11 is 0. The quantitative estimate of drug-likeness (QED) is 0.227. The fourth-order valence-electron chi connectivity index (χ4n) is 4.71. The summed E-state index contributed by atoms with van der Waals surface area (Å²) in [5.41, 5.74) is -2.20. The monoisotopic (exact) mass is 487 g/mol. The van der Waals surface area contributed by atoms with Crippen LogP contribution in [0, 0.1) is 12.7 Å². The first-order chi connectivity index (χ1) is 16.3. The first-order valence-corrected chi connectivity index (χ1v) is 11.0. The molecule has 2 aromatic carbocycles. The number of furan rings is 1. The molecular formula is C27H25F4NO3. The normalized spacial score (nSPS) is 14.3. The number of halogens is 4. The van der Waals surface area contributed by atoms with Crippen molar-refractivity contribution in [1.82, 2.24) is 4.98 Å². The number of hydrogen-bond acceptors (Lipinski definition) is 3. The molecule has 0 amide bonds. The molecule has 4 nitrogen and oxygen atoms in total. The molecule has 35 heavy (non-hydrogen) atoms. The zero-order valence-corrected chi connectivity index (χ0v) is 19.5. The summed E-state index contributed by atoms with van der Waals surface area (Å²) in [6, 6.07) is 13.3. The van der Waals surface area contributed by atoms with Gasteiger partial charge < -0.3 is 14.5 Å². The van der Waals surface area contributed by atoms with Gasteiger partial charge in [0.05, 0.1) is 6.26 Å². The smallest absolute Gasteiger partial charge is 0.417 e. The third-order valence-electron chi connectivity index (χ3n) is 6.36. The lowest BCUT2D eigenvalue weighted by atomic mass is 9.72. The zero-order chi connectivity index (χ0) is 25.6. The average molecular weight is 487 g/mol. The van der Waals surface area contributed by atoms with Crippen LogP contribution in [0.25, 0.3) is 10.9 Å². The topological polar surface area (TPSA) is 66.2 Å². The van der Waals surface area contributed by atoms with Crippen LogP contribution >= 0.6 is 0 Å². The third kappa shape index (κ3) is 4.89. The Hall–Kier alpha value is -3.39. The molecule has 2 heterocycles. The summed E-state index contributed by atoms with van der Waals surface area (Å²) in [5.74, 6) is -0.746. The molecule has 1 unspecified atom stereocenters. The Bertz CT molecular complexity index is 1370. The van der Waals surface area contributed by atoms with Gasteiger partial charge in [-0.25, -0.2) is 4.39 Å². The van der Waals surface area contributed by atoms with Crippen LogP contribution in [-0.4, -0.2) is 27.7 Å². The van der Waals surface area contributed by atoms with Crippen molar-refractivity contribution < 1.29 is 31.9 Å². The van der Waals surface area contributed by atoms with E-state index in [0.29, 0.717) is 27.6 Å². The molecule has 0 saturated carbocycles. The maximum atomic E-state index is 14.2. The maximum absolute atomic E-state index is 14.2. The Kier molecular flexibility index (Phi) is 6.13. The van der Waals surface area contributed by atoms with Crippen molar-refractivity contribution in [1.29, 1.82) is 0 Å². The standard InChI is InChI=1S/C27H25F4NO3/c1-16-6-8-19(28)13-21(16)25(2,3)15-26(34,27(29,30)31)14-20-12-18-11-17(7-9-22(18)32-20)24(33)23-5-4-10-35-23/h4-13,32,34H,14-15H2,1-3H3. The van der Waals surface area contributed by atoms with E-state index in [9.17, 15) is 27.5 Å². The number of nitrogens with one attached hydrogen (secondary N) is 1. The summed E-state index contributed by atoms with van der Waals surface area (Å²) in [6.07, 6.45) is -4.97. The van der Waals surface area contributed by atoms with Gasteiger partial charge in [0.15, 0.2) is 11.4 Å². The van der Waals surface area contributed by atoms with Crippen LogP contribution in [0.2, 0.25) is 0 Å². The number of aromatic nitrogens is 1. The largest absolute Gasteiger partial charge is 0.461 e. The molecule has 8 heteroatoms. The van der Waals surface area contributed by atoms with Crippen molar-refractivity contribution in [2.45, 2.75) is 50.8 Å². The molecule has 0 aliphatic heterocycles. The molecule has 2 aromatic heterocycles. The van der Waals surface area contributed by atoms with Crippen molar-refractivity contribution in [3.8, 4) is 0 Å². The van der Waals surface area contributed by atoms with Crippen LogP contribution in [0.3, 0.4) is 0 Å². The molecule has 4 aromatic rings. The minimum atomic E-state index is -4.94. The second-order valence-corrected chi connectivity index (χ2v) is 9.63. The molecule has 0 bridgehead atoms. The summed E-state index contributed by atoms with van der Waals surface area (Å²) in [6.45, 7) is 4.81. The molecular weight excluding hydrogens is 462 g/mol. The van der Waals surface area contributed by atoms with Crippen LogP contribution in [0.5, 0.6) is 0 Å². The Labute approximate surface area is 199 Å². The summed E-state index contributed by atoms with van der Waals surface area (Å²) in [7, 11) is 0. The van der Waals surface area contributed by atoms with Gasteiger partial charge >= 0.3 is 6.18 Å². The Morgan fingerprint density at radius 3 is 2.46 bits per heavy atom. The van der Waals surface area contributed by atoms with Crippen molar-refractivity contribution in [3.63, 3.8) is 0 Å². The predicted octanol–water partition coefficient (Wildman–Crippen LogP) is 6.64. The number of rotatable bonds is 7. The number of carbonyl (C=O) groups is 1. The zero-order valence-electron chi connectivity index (χ0n) is 19.5. The van der Waals surface area contributed by atoms with Crippen molar-refractivity contribution in [3.05, 3.63) is 94.8 Å². The Morgan fingerprint density at radius 1 is 1.06 bits per heavy atom. The lowest BCUT2D eigenvalue weighted by Crippen LogP contribution is -2.51. The molecule has 0 radical (unpaired) electrons. The molecule has 4 rings (SSSR count). The molecule has 0 fully saturated rings. The number of H-pyrrole nitrogens is 1. The van der Waals surface area contributed by atoms with Crippen LogP contribution in [0.4, 0.5) is 17.6 Å². The van der Waals surface area contributed by atoms with Gasteiger partial charge in [-0.2, -0.15) is 13.2 Å². The molecule has 0 aliphatic carbocycles. The number of aromatic amines is 1. The van der Waals surface area contributed by atoms with Gasteiger partial charge in [0, 0.05) is 28.6 Å². The third-order valence-corrected chi connectivity index (χ3v) is 6.36. The molecule has 0 saturated heterocycles. The van der Waals surface area contributed by atoms with Crippen molar-refractivity contribution in [2.75, 3.05) is 0 Å². The Balaban J connectivity index is 1.66. The van der Waals surface area contributed by atoms with Crippen LogP contribution < -0.4 is 0 Å². The maximum Gasteiger partial charge on any atom is 0.417 e. The van der Waals surface area contributed by atoms with Crippen LogP contribution in [0.1, 0.15) is 53.2 Å². The van der Waals surface area contributed by atoms with Crippen molar-refractivity contribution in [2.24, 2.45) is 0 Å². The molecule has 1 atom stereocenters. The second-order valence-electron chi connectivity index (χ2n) is 9.63. The van der Waals surface area contributed by atoms with Crippen LogP contribution in [-0.2, 0) is 11.8 Å². The number of ketones is 1. The van der Waals surface area contributed by atoms with Gasteiger partial charge in [0.2, 0.25) is 5.78 Å². The SMILES string of the molecule is Cc1ccc(F)cc1C(C)(C)CC(O)(Cc1cc2cc(C(=O)c3ccco3)ccc2[nH]1)C(F)(F)F. The minimum absolute atomic E-state index is 0.154. The van der Waals surface area contributed by atoms with E-state index < -0.39 is 35.9 Å². The second kappa shape index (κ2) is 8.68. The first kappa shape index (κ1) is 24.7. The van der Waals surface area contributed by atoms with E-state index in [-0.39, 0.29) is 17.2 Å². The van der Waals surface area contributed by atoms with E-state index in [0.717, 1.165) is 0 Å². The van der Waals surface area contributed by atoms with E-state index in [1.165, 1.54) is 36.6 Å². The highest BCUT2D eigenvalue weighted by molar-refractivity contribution is 6.08. The number of hydrogen-bond donors (Lipinski definition) is 2. The number of benzene rings is 2. The molecule has 0 spiro atoms. The lowest BCUT2D eigenvalue weighted by Gasteiger charge is -2.38. The Morgan fingerprint density at radius 2 is 1.80 bits per heavy atom. The summed E-state index contributed by atoms with van der Waals surface area (Å²) in [5, 5.41) is 11.5. The molecule has 2 N–H and O–H groups in total. The summed E-state index contributed by atoms with van der Waals surface area (Å²) in [4.78, 5) is 15.5. The highest BCUT2D eigenvalue weighted by Gasteiger charge is 2.56. The van der Waals surface area contributed by atoms with E-state index in [2.05, 4.69) is 4.98 Å². The van der Waals surface area contributed by atoms with E-state index >= 15 is 0 Å². The van der Waals surface area contributed by atoms with E-state index in [1.807, 2.05) is 0 Å². The van der Waals surface area contributed by atoms with E-state index in [1.54, 1.807) is 45.0 Å². The van der Waals surface area contributed by atoms with E-state index in [4.69, 9.17) is 4.42 Å². The first-order valence-electron chi connectivity index (χ1n) is 11.0. The highest BCUT2D eigenvalue weighted by Crippen LogP contribution is 2.44. The van der Waals surface area contributed by atoms with Crippen LogP contribution in [0.15, 0.2) is 65.3 Å². The van der Waals surface area contributed by atoms with Gasteiger partial charge in [-0.3, -0.25) is 4.79 Å². The minimum Gasteiger partial charge on any atom is -0.461 e.